The second-order valence-corrected chi connectivity index (χ2v) is 11.9. The summed E-state index contributed by atoms with van der Waals surface area (Å²) in [6, 6.07) is 18.0. The van der Waals surface area contributed by atoms with E-state index in [9.17, 15) is 9.59 Å². The normalized spacial score (nSPS) is 15.5. The third kappa shape index (κ3) is 4.96. The summed E-state index contributed by atoms with van der Waals surface area (Å²) >= 11 is 1.30. The highest BCUT2D eigenvalue weighted by Gasteiger charge is 2.43. The Labute approximate surface area is 232 Å². The van der Waals surface area contributed by atoms with Gasteiger partial charge in [0.15, 0.2) is 5.16 Å². The summed E-state index contributed by atoms with van der Waals surface area (Å²) in [5.74, 6) is 0.700. The molecule has 6 rings (SSSR count). The lowest BCUT2D eigenvalue weighted by molar-refractivity contribution is -0.113. The molecule has 2 aliphatic rings. The average Bonchev–Trinajstić information content (AvgIpc) is 3.44. The first kappa shape index (κ1) is 25.7. The number of carbonyl (C=O) groups excluding carboxylic acids is 1. The van der Waals surface area contributed by atoms with E-state index in [-0.39, 0.29) is 29.2 Å². The van der Waals surface area contributed by atoms with Crippen LogP contribution in [0.5, 0.6) is 0 Å². The quantitative estimate of drug-likeness (QED) is 0.219. The van der Waals surface area contributed by atoms with Crippen LogP contribution in [0.3, 0.4) is 0 Å². The van der Waals surface area contributed by atoms with Crippen molar-refractivity contribution in [2.24, 2.45) is 0 Å². The van der Waals surface area contributed by atoms with Crippen LogP contribution in [0.1, 0.15) is 60.1 Å². The van der Waals surface area contributed by atoms with E-state index in [1.165, 1.54) is 23.7 Å². The number of nitrogens with one attached hydrogen (secondary N) is 1. The Kier molecular flexibility index (Phi) is 6.94. The number of hydrogen-bond donors (Lipinski definition) is 1. The van der Waals surface area contributed by atoms with Gasteiger partial charge in [-0.05, 0) is 62.4 Å². The van der Waals surface area contributed by atoms with Crippen molar-refractivity contribution in [3.05, 3.63) is 99.2 Å². The molecule has 2 aromatic heterocycles. The molecule has 39 heavy (non-hydrogen) atoms. The topological polar surface area (TPSA) is 77.1 Å². The van der Waals surface area contributed by atoms with Crippen LogP contribution in [0.2, 0.25) is 0 Å². The van der Waals surface area contributed by atoms with Crippen molar-refractivity contribution in [1.82, 2.24) is 9.55 Å². The first-order chi connectivity index (χ1) is 18.9. The van der Waals surface area contributed by atoms with Gasteiger partial charge in [0.1, 0.15) is 5.76 Å². The number of furan rings is 1. The first-order valence-corrected chi connectivity index (χ1v) is 14.7. The Hall–Kier alpha value is -3.58. The Morgan fingerprint density at radius 2 is 1.90 bits per heavy atom. The zero-order valence-corrected chi connectivity index (χ0v) is 23.3. The van der Waals surface area contributed by atoms with Crippen LogP contribution in [0.25, 0.3) is 11.3 Å². The van der Waals surface area contributed by atoms with E-state index in [0.717, 1.165) is 65.7 Å². The van der Waals surface area contributed by atoms with E-state index in [2.05, 4.69) is 23.5 Å². The molecule has 1 amide bonds. The Bertz CT molecular complexity index is 1580. The van der Waals surface area contributed by atoms with Crippen LogP contribution >= 0.6 is 11.8 Å². The molecular formula is C32H33N3O3S. The third-order valence-electron chi connectivity index (χ3n) is 8.16. The van der Waals surface area contributed by atoms with Gasteiger partial charge in [-0.15, -0.1) is 0 Å². The standard InChI is InChI=1S/C32H33N3O3S/c1-21-12-13-26(22(2)17-21)33-27(36)20-39-31-34-29-25-11-5-4-9-23(25)18-32(14-6-3-7-15-32)28(29)30(37)35(31)19-24-10-8-16-38-24/h4-5,8-13,16-17H,3,6-7,14-15,18-20H2,1-2H3,(H,33,36). The highest BCUT2D eigenvalue weighted by atomic mass is 32.2. The van der Waals surface area contributed by atoms with Crippen molar-refractivity contribution in [3.8, 4) is 11.3 Å². The van der Waals surface area contributed by atoms with E-state index in [1.807, 2.05) is 50.2 Å². The minimum atomic E-state index is -0.194. The maximum Gasteiger partial charge on any atom is 0.258 e. The van der Waals surface area contributed by atoms with Gasteiger partial charge in [-0.1, -0.05) is 73.0 Å². The Morgan fingerprint density at radius 1 is 1.08 bits per heavy atom. The van der Waals surface area contributed by atoms with Gasteiger partial charge in [-0.25, -0.2) is 4.98 Å². The van der Waals surface area contributed by atoms with Gasteiger partial charge in [-0.3, -0.25) is 14.2 Å². The zero-order valence-electron chi connectivity index (χ0n) is 22.5. The second kappa shape index (κ2) is 10.5. The lowest BCUT2D eigenvalue weighted by atomic mass is 9.62. The molecule has 1 saturated carbocycles. The fourth-order valence-corrected chi connectivity index (χ4v) is 7.09. The molecule has 1 fully saturated rings. The Morgan fingerprint density at radius 3 is 2.67 bits per heavy atom. The van der Waals surface area contributed by atoms with Crippen LogP contribution in [0.15, 0.2) is 75.2 Å². The molecule has 0 aliphatic heterocycles. The van der Waals surface area contributed by atoms with Crippen LogP contribution < -0.4 is 10.9 Å². The van der Waals surface area contributed by atoms with Crippen molar-refractivity contribution < 1.29 is 9.21 Å². The smallest absolute Gasteiger partial charge is 0.258 e. The summed E-state index contributed by atoms with van der Waals surface area (Å²) in [5, 5.41) is 3.55. The number of carbonyl (C=O) groups is 1. The van der Waals surface area contributed by atoms with Crippen molar-refractivity contribution in [1.29, 1.82) is 0 Å². The summed E-state index contributed by atoms with van der Waals surface area (Å²) in [6.07, 6.45) is 7.93. The number of rotatable bonds is 6. The molecule has 2 aliphatic carbocycles. The maximum atomic E-state index is 14.4. The van der Waals surface area contributed by atoms with Crippen molar-refractivity contribution in [2.45, 2.75) is 69.5 Å². The van der Waals surface area contributed by atoms with Gasteiger partial charge < -0.3 is 9.73 Å². The van der Waals surface area contributed by atoms with E-state index >= 15 is 0 Å². The first-order valence-electron chi connectivity index (χ1n) is 13.7. The number of anilines is 1. The molecule has 0 saturated heterocycles. The van der Waals surface area contributed by atoms with Crippen LogP contribution in [0.4, 0.5) is 5.69 Å². The van der Waals surface area contributed by atoms with Gasteiger partial charge in [0, 0.05) is 16.7 Å². The predicted molar refractivity (Wildman–Crippen MR) is 155 cm³/mol. The number of nitrogens with zero attached hydrogens (tertiary/aromatic N) is 2. The fourth-order valence-electron chi connectivity index (χ4n) is 6.30. The highest BCUT2D eigenvalue weighted by Crippen LogP contribution is 2.48. The molecule has 0 atom stereocenters. The van der Waals surface area contributed by atoms with Crippen molar-refractivity contribution in [2.75, 3.05) is 11.1 Å². The molecule has 2 aromatic carbocycles. The number of thioether (sulfide) groups is 1. The highest BCUT2D eigenvalue weighted by molar-refractivity contribution is 7.99. The number of amides is 1. The lowest BCUT2D eigenvalue weighted by Gasteiger charge is -2.42. The third-order valence-corrected chi connectivity index (χ3v) is 9.14. The predicted octanol–water partition coefficient (Wildman–Crippen LogP) is 6.66. The van der Waals surface area contributed by atoms with Crippen LogP contribution in [-0.2, 0) is 23.2 Å². The molecule has 200 valence electrons. The van der Waals surface area contributed by atoms with Gasteiger partial charge in [0.05, 0.1) is 29.8 Å². The van der Waals surface area contributed by atoms with E-state index < -0.39 is 0 Å². The minimum Gasteiger partial charge on any atom is -0.467 e. The van der Waals surface area contributed by atoms with Crippen molar-refractivity contribution >= 4 is 23.4 Å². The number of aromatic nitrogens is 2. The molecule has 1 N–H and O–H groups in total. The summed E-state index contributed by atoms with van der Waals surface area (Å²) in [6.45, 7) is 4.30. The fraction of sp³-hybridized carbons (Fsp3) is 0.344. The lowest BCUT2D eigenvalue weighted by Crippen LogP contribution is -2.43. The van der Waals surface area contributed by atoms with E-state index in [1.54, 1.807) is 10.8 Å². The molecule has 0 unspecified atom stereocenters. The number of hydrogen-bond acceptors (Lipinski definition) is 5. The molecule has 6 nitrogen and oxygen atoms in total. The monoisotopic (exact) mass is 539 g/mol. The SMILES string of the molecule is Cc1ccc(NC(=O)CSc2nc3c(c(=O)n2Cc2ccco2)C2(CCCCC2)Cc2ccccc2-3)c(C)c1. The van der Waals surface area contributed by atoms with Crippen LogP contribution in [0, 0.1) is 13.8 Å². The minimum absolute atomic E-state index is 0.00918. The maximum absolute atomic E-state index is 14.4. The molecule has 7 heteroatoms. The van der Waals surface area contributed by atoms with Gasteiger partial charge >= 0.3 is 0 Å². The number of fused-ring (bicyclic) bond motifs is 4. The second-order valence-electron chi connectivity index (χ2n) is 10.9. The Balaban J connectivity index is 1.41. The van der Waals surface area contributed by atoms with E-state index in [4.69, 9.17) is 9.40 Å². The average molecular weight is 540 g/mol. The molecule has 0 radical (unpaired) electrons. The molecule has 0 bridgehead atoms. The summed E-state index contributed by atoms with van der Waals surface area (Å²) < 4.78 is 7.36. The van der Waals surface area contributed by atoms with Gasteiger partial charge in [-0.2, -0.15) is 0 Å². The molecule has 2 heterocycles. The largest absolute Gasteiger partial charge is 0.467 e. The summed E-state index contributed by atoms with van der Waals surface area (Å²) in [5.41, 5.74) is 6.68. The summed E-state index contributed by atoms with van der Waals surface area (Å²) in [4.78, 5) is 32.6. The van der Waals surface area contributed by atoms with Gasteiger partial charge in [0.2, 0.25) is 5.91 Å². The molecular weight excluding hydrogens is 506 g/mol. The zero-order chi connectivity index (χ0) is 27.0. The summed E-state index contributed by atoms with van der Waals surface area (Å²) in [7, 11) is 0. The van der Waals surface area contributed by atoms with Crippen molar-refractivity contribution in [3.63, 3.8) is 0 Å². The number of aryl methyl sites for hydroxylation is 2. The molecule has 4 aromatic rings. The molecule has 1 spiro atoms. The van der Waals surface area contributed by atoms with Crippen LogP contribution in [-0.4, -0.2) is 21.2 Å². The number of benzene rings is 2. The van der Waals surface area contributed by atoms with E-state index in [0.29, 0.717) is 10.9 Å². The van der Waals surface area contributed by atoms with Gasteiger partial charge in [0.25, 0.3) is 5.56 Å².